The summed E-state index contributed by atoms with van der Waals surface area (Å²) in [5, 5.41) is 1.00. The van der Waals surface area contributed by atoms with Crippen molar-refractivity contribution in [3.63, 3.8) is 0 Å². The molecule has 0 amide bonds. The maximum absolute atomic E-state index is 6.31. The van der Waals surface area contributed by atoms with E-state index in [1.54, 1.807) is 5.56 Å². The average Bonchev–Trinajstić information content (AvgIpc) is 2.24. The second-order valence-electron chi connectivity index (χ2n) is 5.71. The molecule has 0 spiro atoms. The molecule has 0 heterocycles. The zero-order valence-corrected chi connectivity index (χ0v) is 10.8. The average molecular weight is 235 g/mol. The van der Waals surface area contributed by atoms with Crippen molar-refractivity contribution in [3.05, 3.63) is 34.3 Å². The first kappa shape index (κ1) is 10.7. The van der Waals surface area contributed by atoms with Gasteiger partial charge in [-0.3, -0.25) is 0 Å². The SMILES string of the molecule is CC(C)C1CCCC2c3c(Cl)cccc3C21. The molecule has 16 heavy (non-hydrogen) atoms. The minimum Gasteiger partial charge on any atom is -0.0840 e. The van der Waals surface area contributed by atoms with Crippen LogP contribution in [0.3, 0.4) is 0 Å². The predicted molar refractivity (Wildman–Crippen MR) is 69.1 cm³/mol. The number of hydrogen-bond acceptors (Lipinski definition) is 0. The summed E-state index contributed by atoms with van der Waals surface area (Å²) in [7, 11) is 0. The van der Waals surface area contributed by atoms with Crippen molar-refractivity contribution in [1.29, 1.82) is 0 Å². The van der Waals surface area contributed by atoms with Gasteiger partial charge in [0, 0.05) is 5.02 Å². The molecule has 3 unspecified atom stereocenters. The maximum atomic E-state index is 6.31. The zero-order valence-electron chi connectivity index (χ0n) is 10.0. The van der Waals surface area contributed by atoms with E-state index in [2.05, 4.69) is 32.0 Å². The number of benzene rings is 1. The lowest BCUT2D eigenvalue weighted by atomic mass is 9.55. The van der Waals surface area contributed by atoms with Gasteiger partial charge in [-0.15, -0.1) is 0 Å². The monoisotopic (exact) mass is 234 g/mol. The van der Waals surface area contributed by atoms with Gasteiger partial charge in [-0.05, 0) is 53.7 Å². The fourth-order valence-electron chi connectivity index (χ4n) is 3.89. The van der Waals surface area contributed by atoms with E-state index in [-0.39, 0.29) is 0 Å². The Kier molecular flexibility index (Phi) is 2.51. The summed E-state index contributed by atoms with van der Waals surface area (Å²) in [5.41, 5.74) is 3.02. The van der Waals surface area contributed by atoms with Crippen LogP contribution in [0.5, 0.6) is 0 Å². The summed E-state index contributed by atoms with van der Waals surface area (Å²) < 4.78 is 0. The van der Waals surface area contributed by atoms with Crippen LogP contribution in [-0.2, 0) is 0 Å². The minimum absolute atomic E-state index is 0.768. The van der Waals surface area contributed by atoms with E-state index in [0.717, 1.165) is 28.7 Å². The summed E-state index contributed by atoms with van der Waals surface area (Å²) in [6.45, 7) is 4.74. The van der Waals surface area contributed by atoms with Crippen LogP contribution in [0.2, 0.25) is 5.02 Å². The second kappa shape index (κ2) is 3.77. The van der Waals surface area contributed by atoms with E-state index < -0.39 is 0 Å². The Morgan fingerprint density at radius 1 is 1.25 bits per heavy atom. The molecule has 2 aliphatic carbocycles. The van der Waals surface area contributed by atoms with Gasteiger partial charge in [-0.25, -0.2) is 0 Å². The molecule has 0 aliphatic heterocycles. The lowest BCUT2D eigenvalue weighted by Gasteiger charge is -2.49. The quantitative estimate of drug-likeness (QED) is 0.643. The largest absolute Gasteiger partial charge is 0.0840 e. The molecule has 1 saturated carbocycles. The standard InChI is InChI=1S/C15H19Cl/c1-9(2)10-5-3-6-11-14(10)12-7-4-8-13(16)15(11)12/h4,7-11,14H,3,5-6H2,1-2H3. The van der Waals surface area contributed by atoms with Crippen LogP contribution in [0.4, 0.5) is 0 Å². The highest BCUT2D eigenvalue weighted by molar-refractivity contribution is 6.31. The Morgan fingerprint density at radius 2 is 2.06 bits per heavy atom. The van der Waals surface area contributed by atoms with Gasteiger partial charge in [0.05, 0.1) is 0 Å². The lowest BCUT2D eigenvalue weighted by molar-refractivity contribution is 0.186. The third-order valence-corrected chi connectivity index (χ3v) is 4.95. The Labute approximate surface area is 103 Å². The van der Waals surface area contributed by atoms with Gasteiger partial charge in [-0.2, -0.15) is 0 Å². The lowest BCUT2D eigenvalue weighted by Crippen LogP contribution is -2.36. The molecule has 3 rings (SSSR count). The molecular weight excluding hydrogens is 216 g/mol. The van der Waals surface area contributed by atoms with Crippen molar-refractivity contribution < 1.29 is 0 Å². The molecule has 0 radical (unpaired) electrons. The van der Waals surface area contributed by atoms with Gasteiger partial charge in [-0.1, -0.05) is 44.0 Å². The van der Waals surface area contributed by atoms with Crippen LogP contribution in [0, 0.1) is 11.8 Å². The van der Waals surface area contributed by atoms with E-state index in [1.807, 2.05) is 0 Å². The Bertz CT molecular complexity index is 408. The highest BCUT2D eigenvalue weighted by Crippen LogP contribution is 2.60. The first-order chi connectivity index (χ1) is 7.70. The van der Waals surface area contributed by atoms with E-state index in [9.17, 15) is 0 Å². The molecule has 1 heteroatoms. The maximum Gasteiger partial charge on any atom is 0.0443 e. The van der Waals surface area contributed by atoms with Gasteiger partial charge in [0.15, 0.2) is 0 Å². The number of halogens is 1. The smallest absolute Gasteiger partial charge is 0.0443 e. The molecule has 3 atom stereocenters. The summed E-state index contributed by atoms with van der Waals surface area (Å²) in [6.07, 6.45) is 4.14. The van der Waals surface area contributed by atoms with Gasteiger partial charge in [0.25, 0.3) is 0 Å². The van der Waals surface area contributed by atoms with Crippen molar-refractivity contribution in [2.75, 3.05) is 0 Å². The highest BCUT2D eigenvalue weighted by Gasteiger charge is 2.46. The molecule has 1 aromatic rings. The molecule has 0 bridgehead atoms. The fraction of sp³-hybridized carbons (Fsp3) is 0.600. The van der Waals surface area contributed by atoms with Gasteiger partial charge >= 0.3 is 0 Å². The van der Waals surface area contributed by atoms with Crippen LogP contribution in [-0.4, -0.2) is 0 Å². The Hall–Kier alpha value is -0.490. The van der Waals surface area contributed by atoms with Crippen LogP contribution in [0.25, 0.3) is 0 Å². The Balaban J connectivity index is 2.01. The second-order valence-corrected chi connectivity index (χ2v) is 6.12. The van der Waals surface area contributed by atoms with E-state index in [4.69, 9.17) is 11.6 Å². The number of fused-ring (bicyclic) bond motifs is 4. The molecular formula is C15H19Cl. The van der Waals surface area contributed by atoms with Crippen LogP contribution >= 0.6 is 11.6 Å². The van der Waals surface area contributed by atoms with Crippen LogP contribution in [0.15, 0.2) is 18.2 Å². The first-order valence-electron chi connectivity index (χ1n) is 6.48. The molecule has 0 N–H and O–H groups in total. The number of rotatable bonds is 1. The zero-order chi connectivity index (χ0) is 11.3. The van der Waals surface area contributed by atoms with Crippen LogP contribution in [0.1, 0.15) is 56.1 Å². The summed E-state index contributed by atoms with van der Waals surface area (Å²) in [5.74, 6) is 3.26. The van der Waals surface area contributed by atoms with Gasteiger partial charge < -0.3 is 0 Å². The molecule has 1 aromatic carbocycles. The highest BCUT2D eigenvalue weighted by atomic mass is 35.5. The third kappa shape index (κ3) is 1.35. The van der Waals surface area contributed by atoms with Gasteiger partial charge in [0.2, 0.25) is 0 Å². The van der Waals surface area contributed by atoms with Crippen molar-refractivity contribution in [1.82, 2.24) is 0 Å². The number of hydrogen-bond donors (Lipinski definition) is 0. The van der Waals surface area contributed by atoms with E-state index in [1.165, 1.54) is 24.8 Å². The van der Waals surface area contributed by atoms with Crippen molar-refractivity contribution in [2.45, 2.75) is 44.9 Å². The minimum atomic E-state index is 0.768. The van der Waals surface area contributed by atoms with Crippen molar-refractivity contribution in [2.24, 2.45) is 11.8 Å². The molecule has 0 saturated heterocycles. The molecule has 0 nitrogen and oxygen atoms in total. The molecule has 0 aromatic heterocycles. The van der Waals surface area contributed by atoms with E-state index >= 15 is 0 Å². The van der Waals surface area contributed by atoms with E-state index in [0.29, 0.717) is 0 Å². The Morgan fingerprint density at radius 3 is 2.81 bits per heavy atom. The topological polar surface area (TPSA) is 0 Å². The van der Waals surface area contributed by atoms with Gasteiger partial charge in [0.1, 0.15) is 0 Å². The van der Waals surface area contributed by atoms with Crippen LogP contribution < -0.4 is 0 Å². The summed E-state index contributed by atoms with van der Waals surface area (Å²) in [4.78, 5) is 0. The van der Waals surface area contributed by atoms with Crippen molar-refractivity contribution in [3.8, 4) is 0 Å². The summed E-state index contributed by atoms with van der Waals surface area (Å²) in [6, 6.07) is 6.46. The molecule has 1 fully saturated rings. The van der Waals surface area contributed by atoms with Crippen molar-refractivity contribution >= 4 is 11.6 Å². The predicted octanol–water partition coefficient (Wildman–Crippen LogP) is 4.98. The first-order valence-corrected chi connectivity index (χ1v) is 6.86. The molecule has 2 aliphatic rings. The normalized spacial score (nSPS) is 31.9. The summed E-state index contributed by atoms with van der Waals surface area (Å²) >= 11 is 6.31. The fourth-order valence-corrected chi connectivity index (χ4v) is 4.21. The third-order valence-electron chi connectivity index (χ3n) is 4.62. The molecule has 86 valence electrons.